The van der Waals surface area contributed by atoms with Gasteiger partial charge < -0.3 is 9.80 Å². The van der Waals surface area contributed by atoms with Gasteiger partial charge in [0, 0.05) is 37.7 Å². The lowest BCUT2D eigenvalue weighted by Gasteiger charge is -2.41. The molecule has 1 N–H and O–H groups in total. The Hall–Kier alpha value is -2.69. The summed E-state index contributed by atoms with van der Waals surface area (Å²) in [5.74, 6) is 2.69. The summed E-state index contributed by atoms with van der Waals surface area (Å²) in [6.07, 6.45) is 11.9. The number of carbonyl (C=O) groups excluding carboxylic acids is 3. The van der Waals surface area contributed by atoms with Crippen molar-refractivity contribution in [2.24, 2.45) is 5.92 Å². The number of imide groups is 1. The van der Waals surface area contributed by atoms with Gasteiger partial charge in [-0.15, -0.1) is 6.42 Å². The third-order valence-corrected chi connectivity index (χ3v) is 8.23. The summed E-state index contributed by atoms with van der Waals surface area (Å²) < 4.78 is 0. The highest BCUT2D eigenvalue weighted by molar-refractivity contribution is 6.05. The van der Waals surface area contributed by atoms with E-state index in [2.05, 4.69) is 27.1 Å². The first kappa shape index (κ1) is 23.1. The number of nitrogens with zero attached hydrogens (tertiary/aromatic N) is 3. The molecule has 0 aromatic heterocycles. The van der Waals surface area contributed by atoms with Crippen LogP contribution >= 0.6 is 0 Å². The zero-order chi connectivity index (χ0) is 23.7. The number of terminal acetylenes is 1. The SMILES string of the molecule is C#CCN1CCC(N2CCC(Cc3cccc4c3CN(C3CCC(=O)NC3=O)C4=O)CC2)CC1. The first-order valence-electron chi connectivity index (χ1n) is 12.7. The average molecular weight is 463 g/mol. The van der Waals surface area contributed by atoms with E-state index in [9.17, 15) is 14.4 Å². The molecule has 180 valence electrons. The van der Waals surface area contributed by atoms with Crippen molar-refractivity contribution in [3.63, 3.8) is 0 Å². The van der Waals surface area contributed by atoms with Crippen LogP contribution in [0.5, 0.6) is 0 Å². The Morgan fingerprint density at radius 2 is 1.76 bits per heavy atom. The summed E-state index contributed by atoms with van der Waals surface area (Å²) in [6, 6.07) is 6.12. The van der Waals surface area contributed by atoms with Crippen molar-refractivity contribution in [1.82, 2.24) is 20.0 Å². The molecule has 34 heavy (non-hydrogen) atoms. The molecule has 3 amide bonds. The average Bonchev–Trinajstić information content (AvgIpc) is 3.18. The highest BCUT2D eigenvalue weighted by Crippen LogP contribution is 2.33. The lowest BCUT2D eigenvalue weighted by molar-refractivity contribution is -0.136. The molecule has 1 aromatic rings. The summed E-state index contributed by atoms with van der Waals surface area (Å²) in [4.78, 5) is 43.7. The maximum atomic E-state index is 13.1. The number of hydrogen-bond acceptors (Lipinski definition) is 5. The van der Waals surface area contributed by atoms with Crippen LogP contribution in [0.15, 0.2) is 18.2 Å². The molecule has 0 spiro atoms. The van der Waals surface area contributed by atoms with Crippen LogP contribution < -0.4 is 5.32 Å². The van der Waals surface area contributed by atoms with Crippen molar-refractivity contribution in [1.29, 1.82) is 0 Å². The Labute approximate surface area is 201 Å². The van der Waals surface area contributed by atoms with Crippen molar-refractivity contribution in [3.05, 3.63) is 34.9 Å². The van der Waals surface area contributed by atoms with Crippen LogP contribution in [0.4, 0.5) is 0 Å². The summed E-state index contributed by atoms with van der Waals surface area (Å²) in [5.41, 5.74) is 3.03. The standard InChI is InChI=1S/C27H34N4O3/c1-2-12-29-13-10-21(11-14-29)30-15-8-19(9-16-30)17-20-4-3-5-22-23(20)18-31(27(22)34)24-6-7-25(32)28-26(24)33/h1,3-5,19,21,24H,6-18H2,(H,28,32,33). The predicted molar refractivity (Wildman–Crippen MR) is 129 cm³/mol. The molecule has 4 aliphatic rings. The second-order valence-corrected chi connectivity index (χ2v) is 10.2. The fourth-order valence-electron chi connectivity index (χ4n) is 6.25. The highest BCUT2D eigenvalue weighted by atomic mass is 16.2. The third kappa shape index (κ3) is 4.62. The second-order valence-electron chi connectivity index (χ2n) is 10.2. The number of piperidine rings is 3. The fourth-order valence-corrected chi connectivity index (χ4v) is 6.25. The molecular formula is C27H34N4O3. The van der Waals surface area contributed by atoms with Crippen LogP contribution in [0.2, 0.25) is 0 Å². The number of carbonyl (C=O) groups is 3. The molecular weight excluding hydrogens is 428 g/mol. The molecule has 1 aromatic carbocycles. The Kier molecular flexibility index (Phi) is 6.71. The summed E-state index contributed by atoms with van der Waals surface area (Å²) in [7, 11) is 0. The van der Waals surface area contributed by atoms with Gasteiger partial charge in [0.15, 0.2) is 0 Å². The summed E-state index contributed by atoms with van der Waals surface area (Å²) in [5, 5.41) is 2.39. The van der Waals surface area contributed by atoms with Crippen LogP contribution in [0.3, 0.4) is 0 Å². The highest BCUT2D eigenvalue weighted by Gasteiger charge is 2.40. The normalized spacial score (nSPS) is 25.3. The van der Waals surface area contributed by atoms with Gasteiger partial charge in [0.25, 0.3) is 5.91 Å². The molecule has 7 nitrogen and oxygen atoms in total. The second kappa shape index (κ2) is 9.89. The van der Waals surface area contributed by atoms with Gasteiger partial charge in [-0.05, 0) is 74.7 Å². The van der Waals surface area contributed by atoms with Crippen LogP contribution in [-0.4, -0.2) is 77.2 Å². The zero-order valence-corrected chi connectivity index (χ0v) is 19.8. The molecule has 0 bridgehead atoms. The number of likely N-dealkylation sites (tertiary alicyclic amines) is 2. The number of amides is 3. The van der Waals surface area contributed by atoms with Crippen LogP contribution in [0, 0.1) is 18.3 Å². The van der Waals surface area contributed by atoms with E-state index in [1.165, 1.54) is 31.2 Å². The van der Waals surface area contributed by atoms with Crippen molar-refractivity contribution in [2.45, 2.75) is 63.6 Å². The number of hydrogen-bond donors (Lipinski definition) is 1. The van der Waals surface area contributed by atoms with Crippen molar-refractivity contribution >= 4 is 17.7 Å². The van der Waals surface area contributed by atoms with E-state index in [1.807, 2.05) is 12.1 Å². The van der Waals surface area contributed by atoms with Crippen molar-refractivity contribution < 1.29 is 14.4 Å². The molecule has 3 saturated heterocycles. The monoisotopic (exact) mass is 462 g/mol. The van der Waals surface area contributed by atoms with Crippen molar-refractivity contribution in [2.75, 3.05) is 32.7 Å². The Morgan fingerprint density at radius 1 is 1.00 bits per heavy atom. The molecule has 3 fully saturated rings. The Morgan fingerprint density at radius 3 is 2.47 bits per heavy atom. The van der Waals surface area contributed by atoms with Gasteiger partial charge in [-0.2, -0.15) is 0 Å². The van der Waals surface area contributed by atoms with E-state index in [0.717, 1.165) is 50.3 Å². The van der Waals surface area contributed by atoms with Gasteiger partial charge in [0.1, 0.15) is 6.04 Å². The molecule has 5 rings (SSSR count). The zero-order valence-electron chi connectivity index (χ0n) is 19.8. The van der Waals surface area contributed by atoms with Gasteiger partial charge >= 0.3 is 0 Å². The van der Waals surface area contributed by atoms with E-state index >= 15 is 0 Å². The minimum absolute atomic E-state index is 0.0858. The topological polar surface area (TPSA) is 73.0 Å². The van der Waals surface area contributed by atoms with E-state index in [1.54, 1.807) is 4.90 Å². The first-order valence-corrected chi connectivity index (χ1v) is 12.7. The van der Waals surface area contributed by atoms with Crippen LogP contribution in [0.25, 0.3) is 0 Å². The quantitative estimate of drug-likeness (QED) is 0.534. The maximum absolute atomic E-state index is 13.1. The minimum atomic E-state index is -0.555. The lowest BCUT2D eigenvalue weighted by Crippen LogP contribution is -2.52. The largest absolute Gasteiger partial charge is 0.322 e. The summed E-state index contributed by atoms with van der Waals surface area (Å²) >= 11 is 0. The van der Waals surface area contributed by atoms with Gasteiger partial charge in [0.05, 0.1) is 6.54 Å². The molecule has 4 aliphatic heterocycles. The van der Waals surface area contributed by atoms with E-state index in [0.29, 0.717) is 24.9 Å². The van der Waals surface area contributed by atoms with E-state index in [4.69, 9.17) is 6.42 Å². The predicted octanol–water partition coefficient (Wildman–Crippen LogP) is 1.80. The smallest absolute Gasteiger partial charge is 0.255 e. The molecule has 1 unspecified atom stereocenters. The van der Waals surface area contributed by atoms with Gasteiger partial charge in [-0.3, -0.25) is 24.6 Å². The minimum Gasteiger partial charge on any atom is -0.322 e. The molecule has 0 aliphatic carbocycles. The lowest BCUT2D eigenvalue weighted by atomic mass is 9.86. The number of nitrogens with one attached hydrogen (secondary N) is 1. The Bertz CT molecular complexity index is 1000. The van der Waals surface area contributed by atoms with Crippen molar-refractivity contribution in [3.8, 4) is 12.3 Å². The van der Waals surface area contributed by atoms with E-state index in [-0.39, 0.29) is 24.1 Å². The molecule has 7 heteroatoms. The first-order chi connectivity index (χ1) is 16.5. The van der Waals surface area contributed by atoms with Crippen LogP contribution in [-0.2, 0) is 22.6 Å². The van der Waals surface area contributed by atoms with Crippen LogP contribution in [0.1, 0.15) is 60.0 Å². The summed E-state index contributed by atoms with van der Waals surface area (Å²) in [6.45, 7) is 5.71. The number of fused-ring (bicyclic) bond motifs is 1. The van der Waals surface area contributed by atoms with E-state index < -0.39 is 6.04 Å². The molecule has 4 heterocycles. The Balaban J connectivity index is 1.18. The van der Waals surface area contributed by atoms with Gasteiger partial charge in [-0.25, -0.2) is 0 Å². The molecule has 0 radical (unpaired) electrons. The number of benzene rings is 1. The fraction of sp³-hybridized carbons (Fsp3) is 0.593. The molecule has 1 atom stereocenters. The number of rotatable bonds is 5. The van der Waals surface area contributed by atoms with Gasteiger partial charge in [-0.1, -0.05) is 18.1 Å². The van der Waals surface area contributed by atoms with Gasteiger partial charge in [0.2, 0.25) is 11.8 Å². The molecule has 0 saturated carbocycles. The third-order valence-electron chi connectivity index (χ3n) is 8.23. The maximum Gasteiger partial charge on any atom is 0.255 e.